The van der Waals surface area contributed by atoms with Crippen LogP contribution in [0.5, 0.6) is 0 Å². The number of benzene rings is 2. The summed E-state index contributed by atoms with van der Waals surface area (Å²) in [7, 11) is 0. The first-order valence-corrected chi connectivity index (χ1v) is 12.2. The zero-order valence-corrected chi connectivity index (χ0v) is 19.7. The molecule has 0 saturated carbocycles. The summed E-state index contributed by atoms with van der Waals surface area (Å²) in [6.07, 6.45) is 3.06. The Morgan fingerprint density at radius 2 is 1.79 bits per heavy atom. The summed E-state index contributed by atoms with van der Waals surface area (Å²) >= 11 is 0. The van der Waals surface area contributed by atoms with Crippen LogP contribution in [0, 0.1) is 0 Å². The van der Waals surface area contributed by atoms with E-state index in [2.05, 4.69) is 88.5 Å². The monoisotopic (exact) mass is 450 g/mol. The minimum Gasteiger partial charge on any atom is -0.364 e. The summed E-state index contributed by atoms with van der Waals surface area (Å²) in [5, 5.41) is 4.66. The lowest BCUT2D eigenvalue weighted by Crippen LogP contribution is -2.46. The van der Waals surface area contributed by atoms with Gasteiger partial charge in [-0.2, -0.15) is 0 Å². The fourth-order valence-electron chi connectivity index (χ4n) is 5.50. The Bertz CT molecular complexity index is 1310. The van der Waals surface area contributed by atoms with Gasteiger partial charge in [0.2, 0.25) is 0 Å². The molecular formula is C28H30N6. The third-order valence-electron chi connectivity index (χ3n) is 7.30. The summed E-state index contributed by atoms with van der Waals surface area (Å²) in [5.74, 6) is 2.64. The Morgan fingerprint density at radius 3 is 2.59 bits per heavy atom. The lowest BCUT2D eigenvalue weighted by Gasteiger charge is -2.34. The van der Waals surface area contributed by atoms with Crippen molar-refractivity contribution in [3.63, 3.8) is 0 Å². The molecule has 6 nitrogen and oxygen atoms in total. The molecule has 34 heavy (non-hydrogen) atoms. The van der Waals surface area contributed by atoms with Crippen molar-refractivity contribution < 1.29 is 0 Å². The second-order valence-corrected chi connectivity index (χ2v) is 9.38. The quantitative estimate of drug-likeness (QED) is 0.439. The fourth-order valence-corrected chi connectivity index (χ4v) is 5.50. The normalized spacial score (nSPS) is 20.7. The van der Waals surface area contributed by atoms with Crippen LogP contribution in [0.4, 0.5) is 11.6 Å². The number of nitrogens with one attached hydrogen (secondary N) is 1. The van der Waals surface area contributed by atoms with Gasteiger partial charge in [-0.05, 0) is 49.7 Å². The van der Waals surface area contributed by atoms with E-state index in [1.165, 1.54) is 12.0 Å². The highest BCUT2D eigenvalue weighted by atomic mass is 15.4. The number of hydrogen-bond donors (Lipinski definition) is 1. The smallest absolute Gasteiger partial charge is 0.162 e. The predicted octanol–water partition coefficient (Wildman–Crippen LogP) is 5.15. The van der Waals surface area contributed by atoms with E-state index in [9.17, 15) is 0 Å². The first-order valence-electron chi connectivity index (χ1n) is 12.2. The minimum absolute atomic E-state index is 0.152. The molecule has 2 aromatic carbocycles. The number of fused-ring (bicyclic) bond motifs is 3. The summed E-state index contributed by atoms with van der Waals surface area (Å²) < 4.78 is 0. The highest BCUT2D eigenvalue weighted by Gasteiger charge is 2.43. The van der Waals surface area contributed by atoms with Crippen LogP contribution in [0.15, 0.2) is 72.9 Å². The van der Waals surface area contributed by atoms with E-state index in [0.717, 1.165) is 53.6 Å². The van der Waals surface area contributed by atoms with E-state index in [1.807, 2.05) is 18.3 Å². The topological polar surface area (TPSA) is 57.2 Å². The largest absolute Gasteiger partial charge is 0.364 e. The molecule has 6 heteroatoms. The van der Waals surface area contributed by atoms with E-state index in [1.54, 1.807) is 0 Å². The van der Waals surface area contributed by atoms with Crippen LogP contribution < -0.4 is 10.2 Å². The number of nitrogens with zero attached hydrogens (tertiary/aromatic N) is 5. The molecule has 0 spiro atoms. The van der Waals surface area contributed by atoms with Crippen molar-refractivity contribution in [2.75, 3.05) is 29.9 Å². The SMILES string of the molecule is CCN1C[C@@H]2C[C@H]1CN2c1nc(-c2ccnc(NC(C)c3ccccc3)c2)nc2ccccc12. The van der Waals surface area contributed by atoms with Crippen LogP contribution in [0.3, 0.4) is 0 Å². The zero-order chi connectivity index (χ0) is 23.1. The molecule has 172 valence electrons. The van der Waals surface area contributed by atoms with Gasteiger partial charge in [0.15, 0.2) is 5.82 Å². The van der Waals surface area contributed by atoms with Crippen LogP contribution >= 0.6 is 0 Å². The molecule has 6 rings (SSSR count). The number of hydrogen-bond acceptors (Lipinski definition) is 6. The van der Waals surface area contributed by atoms with Gasteiger partial charge in [-0.25, -0.2) is 15.0 Å². The zero-order valence-electron chi connectivity index (χ0n) is 19.7. The molecule has 2 fully saturated rings. The number of aromatic nitrogens is 3. The molecular weight excluding hydrogens is 420 g/mol. The molecule has 0 aliphatic carbocycles. The Balaban J connectivity index is 1.34. The number of pyridine rings is 1. The second kappa shape index (κ2) is 8.69. The van der Waals surface area contributed by atoms with E-state index in [0.29, 0.717) is 12.1 Å². The maximum absolute atomic E-state index is 5.14. The van der Waals surface area contributed by atoms with E-state index < -0.39 is 0 Å². The Hall–Kier alpha value is -3.51. The van der Waals surface area contributed by atoms with Gasteiger partial charge < -0.3 is 10.2 Å². The summed E-state index contributed by atoms with van der Waals surface area (Å²) in [6.45, 7) is 7.69. The van der Waals surface area contributed by atoms with E-state index in [4.69, 9.17) is 9.97 Å². The van der Waals surface area contributed by atoms with Gasteiger partial charge in [-0.1, -0.05) is 49.4 Å². The molecule has 4 aromatic rings. The first kappa shape index (κ1) is 21.1. The summed E-state index contributed by atoms with van der Waals surface area (Å²) in [5.41, 5.74) is 3.19. The van der Waals surface area contributed by atoms with Gasteiger partial charge in [-0.15, -0.1) is 0 Å². The average Bonchev–Trinajstić information content (AvgIpc) is 3.49. The lowest BCUT2D eigenvalue weighted by molar-refractivity contribution is 0.251. The van der Waals surface area contributed by atoms with E-state index >= 15 is 0 Å². The van der Waals surface area contributed by atoms with E-state index in [-0.39, 0.29) is 6.04 Å². The van der Waals surface area contributed by atoms with Crippen molar-refractivity contribution in [2.24, 2.45) is 0 Å². The number of para-hydroxylation sites is 1. The molecule has 0 radical (unpaired) electrons. The molecule has 1 unspecified atom stereocenters. The first-order chi connectivity index (χ1) is 16.7. The van der Waals surface area contributed by atoms with Crippen molar-refractivity contribution in [3.8, 4) is 11.4 Å². The number of likely N-dealkylation sites (tertiary alicyclic amines) is 1. The highest BCUT2D eigenvalue weighted by Crippen LogP contribution is 2.37. The maximum Gasteiger partial charge on any atom is 0.162 e. The molecule has 0 amide bonds. The van der Waals surface area contributed by atoms with Gasteiger partial charge in [0, 0.05) is 48.4 Å². The van der Waals surface area contributed by atoms with Crippen molar-refractivity contribution in [2.45, 2.75) is 38.4 Å². The van der Waals surface area contributed by atoms with Crippen LogP contribution in [0.2, 0.25) is 0 Å². The molecule has 4 heterocycles. The lowest BCUT2D eigenvalue weighted by atomic mass is 10.1. The molecule has 2 aliphatic rings. The minimum atomic E-state index is 0.152. The number of piperazine rings is 1. The average molecular weight is 451 g/mol. The highest BCUT2D eigenvalue weighted by molar-refractivity contribution is 5.91. The Labute approximate surface area is 200 Å². The molecule has 2 aliphatic heterocycles. The van der Waals surface area contributed by atoms with Crippen molar-refractivity contribution in [3.05, 3.63) is 78.5 Å². The number of anilines is 2. The Kier molecular flexibility index (Phi) is 5.38. The molecule has 2 saturated heterocycles. The van der Waals surface area contributed by atoms with Crippen molar-refractivity contribution in [1.29, 1.82) is 0 Å². The number of rotatable bonds is 6. The van der Waals surface area contributed by atoms with Crippen LogP contribution in [0.1, 0.15) is 31.9 Å². The number of likely N-dealkylation sites (N-methyl/N-ethyl adjacent to an activating group) is 1. The summed E-state index contributed by atoms with van der Waals surface area (Å²) in [6, 6.07) is 24.2. The molecule has 2 aromatic heterocycles. The van der Waals surface area contributed by atoms with Gasteiger partial charge in [-0.3, -0.25) is 4.90 Å². The Morgan fingerprint density at radius 1 is 0.971 bits per heavy atom. The maximum atomic E-state index is 5.14. The molecule has 2 bridgehead atoms. The van der Waals surface area contributed by atoms with Crippen LogP contribution in [-0.2, 0) is 0 Å². The molecule has 1 N–H and O–H groups in total. The van der Waals surface area contributed by atoms with Crippen LogP contribution in [-0.4, -0.2) is 51.6 Å². The summed E-state index contributed by atoms with van der Waals surface area (Å²) in [4.78, 5) is 19.8. The van der Waals surface area contributed by atoms with Crippen LogP contribution in [0.25, 0.3) is 22.3 Å². The molecule has 3 atom stereocenters. The second-order valence-electron chi connectivity index (χ2n) is 9.38. The predicted molar refractivity (Wildman–Crippen MR) is 138 cm³/mol. The van der Waals surface area contributed by atoms with Crippen molar-refractivity contribution in [1.82, 2.24) is 19.9 Å². The fraction of sp³-hybridized carbons (Fsp3) is 0.321. The third-order valence-corrected chi connectivity index (χ3v) is 7.30. The van der Waals surface area contributed by atoms with Gasteiger partial charge in [0.05, 0.1) is 5.52 Å². The third kappa shape index (κ3) is 3.78. The van der Waals surface area contributed by atoms with Gasteiger partial charge in [0.25, 0.3) is 0 Å². The standard InChI is InChI=1S/C28H30N6/c1-3-33-17-23-16-22(33)18-34(23)28-24-11-7-8-12-25(24)31-27(32-28)21-13-14-29-26(15-21)30-19(2)20-9-5-4-6-10-20/h4-15,19,22-23H,3,16-18H2,1-2H3,(H,29,30)/t19?,22-,23-/m0/s1. The van der Waals surface area contributed by atoms with Crippen molar-refractivity contribution >= 4 is 22.5 Å². The van der Waals surface area contributed by atoms with Gasteiger partial charge in [0.1, 0.15) is 11.6 Å². The van der Waals surface area contributed by atoms with Gasteiger partial charge >= 0.3 is 0 Å².